The molecule has 0 radical (unpaired) electrons. The van der Waals surface area contributed by atoms with E-state index < -0.39 is 0 Å². The van der Waals surface area contributed by atoms with Gasteiger partial charge in [0, 0.05) is 43.4 Å². The van der Waals surface area contributed by atoms with E-state index in [2.05, 4.69) is 186 Å². The summed E-state index contributed by atoms with van der Waals surface area (Å²) in [6.45, 7) is 4.55. The van der Waals surface area contributed by atoms with Crippen molar-refractivity contribution in [2.24, 2.45) is 0 Å². The van der Waals surface area contributed by atoms with Crippen molar-refractivity contribution in [3.63, 3.8) is 0 Å². The molecule has 0 unspecified atom stereocenters. The minimum absolute atomic E-state index is 0.867. The van der Waals surface area contributed by atoms with Gasteiger partial charge in [-0.05, 0) is 84.3 Å². The van der Waals surface area contributed by atoms with Crippen molar-refractivity contribution in [2.45, 2.75) is 6.42 Å². The lowest BCUT2D eigenvalue weighted by atomic mass is 10.0. The Morgan fingerprint density at radius 3 is 1.66 bits per heavy atom. The maximum absolute atomic E-state index is 4.55. The van der Waals surface area contributed by atoms with Gasteiger partial charge in [-0.25, -0.2) is 0 Å². The molecule has 0 fully saturated rings. The zero-order valence-corrected chi connectivity index (χ0v) is 27.4. The number of para-hydroxylation sites is 4. The predicted octanol–water partition coefficient (Wildman–Crippen LogP) is 13.0. The van der Waals surface area contributed by atoms with Crippen LogP contribution in [0.5, 0.6) is 0 Å². The highest BCUT2D eigenvalue weighted by molar-refractivity contribution is 7.33. The number of rotatable bonds is 6. The monoisotopic (exact) mass is 640 g/mol. The number of anilines is 5. The van der Waals surface area contributed by atoms with Crippen LogP contribution >= 0.6 is 22.7 Å². The molecule has 2 aromatic heterocycles. The van der Waals surface area contributed by atoms with Crippen molar-refractivity contribution in [1.82, 2.24) is 0 Å². The zero-order chi connectivity index (χ0) is 31.6. The summed E-state index contributed by atoms with van der Waals surface area (Å²) in [7, 11) is 0. The molecule has 7 aromatic rings. The summed E-state index contributed by atoms with van der Waals surface area (Å²) >= 11 is 3.79. The Morgan fingerprint density at radius 2 is 1.09 bits per heavy atom. The van der Waals surface area contributed by atoms with E-state index in [0.29, 0.717) is 0 Å². The summed E-state index contributed by atoms with van der Waals surface area (Å²) in [5.74, 6) is 0. The second-order valence-electron chi connectivity index (χ2n) is 11.4. The molecule has 0 saturated heterocycles. The first kappa shape index (κ1) is 29.0. The minimum Gasteiger partial charge on any atom is -0.310 e. The van der Waals surface area contributed by atoms with Gasteiger partial charge >= 0.3 is 0 Å². The Kier molecular flexibility index (Phi) is 7.88. The molecule has 47 heavy (non-hydrogen) atoms. The highest BCUT2D eigenvalue weighted by atomic mass is 32.1. The van der Waals surface area contributed by atoms with E-state index in [-0.39, 0.29) is 0 Å². The average molecular weight is 641 g/mol. The van der Waals surface area contributed by atoms with Gasteiger partial charge in [-0.2, -0.15) is 0 Å². The number of fused-ring (bicyclic) bond motifs is 5. The molecule has 2 nitrogen and oxygen atoms in total. The number of thiophene rings is 2. The van der Waals surface area contributed by atoms with E-state index >= 15 is 0 Å². The van der Waals surface area contributed by atoms with Crippen LogP contribution in [0.2, 0.25) is 0 Å². The van der Waals surface area contributed by atoms with Gasteiger partial charge in [0.05, 0.1) is 15.1 Å². The van der Waals surface area contributed by atoms with Gasteiger partial charge in [0.1, 0.15) is 0 Å². The highest BCUT2D eigenvalue weighted by Crippen LogP contribution is 2.47. The topological polar surface area (TPSA) is 6.48 Å². The molecular weight excluding hydrogens is 609 g/mol. The van der Waals surface area contributed by atoms with Crippen LogP contribution in [0.3, 0.4) is 0 Å². The molecule has 5 aromatic carbocycles. The molecule has 226 valence electrons. The second-order valence-corrected chi connectivity index (χ2v) is 13.5. The lowest BCUT2D eigenvalue weighted by molar-refractivity contribution is 1.19. The van der Waals surface area contributed by atoms with Gasteiger partial charge in [-0.3, -0.25) is 0 Å². The summed E-state index contributed by atoms with van der Waals surface area (Å²) in [6, 6.07) is 49.3. The molecule has 0 N–H and O–H groups in total. The quantitative estimate of drug-likeness (QED) is 0.178. The van der Waals surface area contributed by atoms with E-state index in [9.17, 15) is 0 Å². The van der Waals surface area contributed by atoms with E-state index in [1.807, 2.05) is 22.7 Å². The SMILES string of the molecule is C=C1/C=C\C=C/Cc2c(sc3c2sc2cc(N(c4ccccc4)c4ccccc4)ccc23)/C=C\1N(c1ccccc1)c1ccccc1. The smallest absolute Gasteiger partial charge is 0.0542 e. The second kappa shape index (κ2) is 12.8. The third-order valence-corrected chi connectivity index (χ3v) is 11.0. The van der Waals surface area contributed by atoms with Gasteiger partial charge in [0.25, 0.3) is 0 Å². The van der Waals surface area contributed by atoms with Crippen LogP contribution in [0.25, 0.3) is 25.6 Å². The maximum Gasteiger partial charge on any atom is 0.0542 e. The lowest BCUT2D eigenvalue weighted by Gasteiger charge is -2.28. The molecule has 1 aliphatic rings. The van der Waals surface area contributed by atoms with Crippen molar-refractivity contribution in [2.75, 3.05) is 9.80 Å². The molecule has 2 heterocycles. The molecular formula is C43H32N2S2. The van der Waals surface area contributed by atoms with Crippen LogP contribution < -0.4 is 9.80 Å². The molecule has 0 saturated carbocycles. The van der Waals surface area contributed by atoms with Crippen molar-refractivity contribution in [1.29, 1.82) is 0 Å². The minimum atomic E-state index is 0.867. The van der Waals surface area contributed by atoms with E-state index in [4.69, 9.17) is 0 Å². The standard InChI is InChI=1S/C43H32N2S2/c1-31-17-7-2-16-26-37-41(30-39(31)45(34-22-12-5-13-23-34)35-24-14-6-15-25-35)47-43-38-28-27-36(29-40(38)46-42(37)43)44(32-18-8-3-9-19-32)33-20-10-4-11-21-33/h2-25,27-30H,1,26H2/b16-2-,17-7-,39-30+. The summed E-state index contributed by atoms with van der Waals surface area (Å²) in [5.41, 5.74) is 9.05. The first-order valence-electron chi connectivity index (χ1n) is 15.8. The fourth-order valence-electron chi connectivity index (χ4n) is 6.22. The summed E-state index contributed by atoms with van der Waals surface area (Å²) in [4.78, 5) is 5.94. The fourth-order valence-corrected chi connectivity index (χ4v) is 9.00. The lowest BCUT2D eigenvalue weighted by Crippen LogP contribution is -2.17. The summed E-state index contributed by atoms with van der Waals surface area (Å²) < 4.78 is 4.01. The van der Waals surface area contributed by atoms with E-state index in [0.717, 1.165) is 46.1 Å². The normalized spacial score (nSPS) is 15.5. The molecule has 4 heteroatoms. The Labute approximate surface area is 283 Å². The molecule has 0 amide bonds. The largest absolute Gasteiger partial charge is 0.310 e. The molecule has 0 spiro atoms. The van der Waals surface area contributed by atoms with E-state index in [1.54, 1.807) is 0 Å². The number of hydrogen-bond acceptors (Lipinski definition) is 4. The van der Waals surface area contributed by atoms with E-state index in [1.165, 1.54) is 29.9 Å². The Hall–Kier alpha value is -5.42. The van der Waals surface area contributed by atoms with Gasteiger partial charge < -0.3 is 9.80 Å². The molecule has 0 bridgehead atoms. The number of benzene rings is 5. The van der Waals surface area contributed by atoms with Gasteiger partial charge in [-0.1, -0.05) is 110 Å². The predicted molar refractivity (Wildman–Crippen MR) is 206 cm³/mol. The number of hydrogen-bond donors (Lipinski definition) is 0. The van der Waals surface area contributed by atoms with Crippen LogP contribution in [0.15, 0.2) is 182 Å². The third-order valence-electron chi connectivity index (χ3n) is 8.43. The molecule has 8 rings (SSSR count). The van der Waals surface area contributed by atoms with Crippen LogP contribution in [0.1, 0.15) is 10.4 Å². The highest BCUT2D eigenvalue weighted by Gasteiger charge is 2.22. The number of allylic oxidation sites excluding steroid dienone is 4. The Balaban J connectivity index is 1.29. The molecule has 0 aliphatic heterocycles. The van der Waals surface area contributed by atoms with Crippen molar-refractivity contribution in [3.05, 3.63) is 192 Å². The molecule has 0 atom stereocenters. The maximum atomic E-state index is 4.55. The average Bonchev–Trinajstić information content (AvgIpc) is 3.64. The van der Waals surface area contributed by atoms with Crippen molar-refractivity contribution < 1.29 is 0 Å². The van der Waals surface area contributed by atoms with Crippen LogP contribution in [-0.2, 0) is 6.42 Å². The van der Waals surface area contributed by atoms with Crippen molar-refractivity contribution >= 4 is 76.7 Å². The van der Waals surface area contributed by atoms with Crippen LogP contribution in [-0.4, -0.2) is 0 Å². The van der Waals surface area contributed by atoms with Crippen molar-refractivity contribution in [3.8, 4) is 0 Å². The summed E-state index contributed by atoms with van der Waals surface area (Å²) in [5, 5.41) is 1.31. The Bertz CT molecular complexity index is 2200. The van der Waals surface area contributed by atoms with Gasteiger partial charge in [0.2, 0.25) is 0 Å². The summed E-state index contributed by atoms with van der Waals surface area (Å²) in [6.07, 6.45) is 11.9. The zero-order valence-electron chi connectivity index (χ0n) is 25.8. The third kappa shape index (κ3) is 5.63. The van der Waals surface area contributed by atoms with Gasteiger partial charge in [0.15, 0.2) is 0 Å². The van der Waals surface area contributed by atoms with Crippen LogP contribution in [0, 0.1) is 0 Å². The Morgan fingerprint density at radius 1 is 0.532 bits per heavy atom. The molecule has 1 aliphatic carbocycles. The van der Waals surface area contributed by atoms with Crippen LogP contribution in [0.4, 0.5) is 28.4 Å². The number of nitrogens with zero attached hydrogens (tertiary/aromatic N) is 2. The fraction of sp³-hybridized carbons (Fsp3) is 0.0233. The first-order chi connectivity index (χ1) is 23.2. The first-order valence-corrected chi connectivity index (χ1v) is 17.4. The van der Waals surface area contributed by atoms with Gasteiger partial charge in [-0.15, -0.1) is 22.7 Å².